The lowest BCUT2D eigenvalue weighted by Crippen LogP contribution is -2.13. The molecule has 2 aromatic carbocycles. The number of nitrogens with zero attached hydrogens (tertiary/aromatic N) is 4. The minimum atomic E-state index is -3.72. The third-order valence-corrected chi connectivity index (χ3v) is 7.08. The van der Waals surface area contributed by atoms with Crippen molar-refractivity contribution in [3.8, 4) is 22.4 Å². The van der Waals surface area contributed by atoms with Crippen molar-refractivity contribution in [1.29, 1.82) is 0 Å². The number of pyridine rings is 3. The van der Waals surface area contributed by atoms with Crippen LogP contribution in [0.2, 0.25) is 0 Å². The van der Waals surface area contributed by atoms with E-state index in [1.54, 1.807) is 48.8 Å². The number of benzene rings is 2. The maximum absolute atomic E-state index is 12.7. The third kappa shape index (κ3) is 5.10. The minimum absolute atomic E-state index is 0.187. The Bertz CT molecular complexity index is 1620. The number of rotatable bonds is 7. The van der Waals surface area contributed by atoms with Crippen molar-refractivity contribution >= 4 is 26.7 Å². The third-order valence-electron chi connectivity index (χ3n) is 5.69. The molecule has 0 bridgehead atoms. The lowest BCUT2D eigenvalue weighted by Gasteiger charge is -2.12. The predicted molar refractivity (Wildman–Crippen MR) is 143 cm³/mol. The fourth-order valence-electron chi connectivity index (χ4n) is 4.02. The van der Waals surface area contributed by atoms with Crippen LogP contribution in [0.25, 0.3) is 33.4 Å². The number of nitrogens with one attached hydrogen (secondary N) is 1. The molecule has 0 aliphatic carbocycles. The van der Waals surface area contributed by atoms with Crippen LogP contribution >= 0.6 is 0 Å². The number of hydrogen-bond donors (Lipinski definition) is 1. The van der Waals surface area contributed by atoms with Crippen molar-refractivity contribution in [3.63, 3.8) is 0 Å². The van der Waals surface area contributed by atoms with E-state index in [-0.39, 0.29) is 4.90 Å². The van der Waals surface area contributed by atoms with Gasteiger partial charge in [0.25, 0.3) is 10.0 Å². The summed E-state index contributed by atoms with van der Waals surface area (Å²) in [5.74, 6) is 0. The van der Waals surface area contributed by atoms with Gasteiger partial charge in [0.15, 0.2) is 0 Å². The second-order valence-corrected chi connectivity index (χ2v) is 10.4. The normalized spacial score (nSPS) is 11.6. The maximum Gasteiger partial charge on any atom is 0.261 e. The average Bonchev–Trinajstić information content (AvgIpc) is 2.89. The van der Waals surface area contributed by atoms with Crippen molar-refractivity contribution in [1.82, 2.24) is 19.9 Å². The van der Waals surface area contributed by atoms with Crippen LogP contribution in [0.5, 0.6) is 0 Å². The van der Waals surface area contributed by atoms with Crippen molar-refractivity contribution in [2.24, 2.45) is 0 Å². The van der Waals surface area contributed by atoms with Gasteiger partial charge in [0.2, 0.25) is 0 Å². The zero-order valence-electron chi connectivity index (χ0n) is 20.0. The molecular weight excluding hydrogens is 470 g/mol. The highest BCUT2D eigenvalue weighted by Crippen LogP contribution is 2.29. The second-order valence-electron chi connectivity index (χ2n) is 8.74. The van der Waals surface area contributed by atoms with Gasteiger partial charge in [-0.05, 0) is 61.6 Å². The average molecular weight is 496 g/mol. The molecule has 7 nitrogen and oxygen atoms in total. The van der Waals surface area contributed by atoms with Gasteiger partial charge >= 0.3 is 0 Å². The Morgan fingerprint density at radius 2 is 1.64 bits per heavy atom. The summed E-state index contributed by atoms with van der Waals surface area (Å²) in [4.78, 5) is 15.9. The molecule has 0 atom stereocenters. The minimum Gasteiger partial charge on any atom is -0.305 e. The molecular formula is C28H25N5O2S. The zero-order chi connectivity index (χ0) is 25.1. The Kier molecular flexibility index (Phi) is 6.45. The number of hydrogen-bond acceptors (Lipinski definition) is 6. The van der Waals surface area contributed by atoms with Crippen molar-refractivity contribution in [2.45, 2.75) is 11.4 Å². The van der Waals surface area contributed by atoms with Gasteiger partial charge in [-0.1, -0.05) is 42.5 Å². The Morgan fingerprint density at radius 3 is 2.39 bits per heavy atom. The molecule has 5 rings (SSSR count). The SMILES string of the molecule is CN(C)Cc1ccc(-c2ccnc3ccc(-c4cncc(NS(=O)(=O)c5ccccc5)c4)nc23)cc1. The highest BCUT2D eigenvalue weighted by Gasteiger charge is 2.15. The first-order valence-corrected chi connectivity index (χ1v) is 12.9. The first kappa shape index (κ1) is 23.6. The quantitative estimate of drug-likeness (QED) is 0.333. The largest absolute Gasteiger partial charge is 0.305 e. The summed E-state index contributed by atoms with van der Waals surface area (Å²) in [7, 11) is 0.371. The van der Waals surface area contributed by atoms with Crippen LogP contribution in [-0.4, -0.2) is 42.4 Å². The first-order valence-electron chi connectivity index (χ1n) is 11.4. The fraction of sp³-hybridized carbons (Fsp3) is 0.107. The molecule has 36 heavy (non-hydrogen) atoms. The molecule has 0 saturated heterocycles. The van der Waals surface area contributed by atoms with Gasteiger partial charge in [-0.3, -0.25) is 14.7 Å². The second kappa shape index (κ2) is 9.85. The Hall–Kier alpha value is -4.14. The van der Waals surface area contributed by atoms with Gasteiger partial charge in [0.05, 0.1) is 33.5 Å². The Balaban J connectivity index is 1.49. The van der Waals surface area contributed by atoms with E-state index >= 15 is 0 Å². The summed E-state index contributed by atoms with van der Waals surface area (Å²) >= 11 is 0. The number of fused-ring (bicyclic) bond motifs is 1. The molecule has 0 aliphatic rings. The zero-order valence-corrected chi connectivity index (χ0v) is 20.8. The van der Waals surface area contributed by atoms with E-state index in [9.17, 15) is 8.42 Å². The first-order chi connectivity index (χ1) is 17.4. The number of aromatic nitrogens is 3. The Labute approximate surface area is 210 Å². The molecule has 0 spiro atoms. The van der Waals surface area contributed by atoms with Gasteiger partial charge in [-0.25, -0.2) is 13.4 Å². The molecule has 0 fully saturated rings. The van der Waals surface area contributed by atoms with Crippen LogP contribution in [0.4, 0.5) is 5.69 Å². The van der Waals surface area contributed by atoms with Crippen LogP contribution in [0.15, 0.2) is 102 Å². The van der Waals surface area contributed by atoms with Crippen LogP contribution in [-0.2, 0) is 16.6 Å². The Morgan fingerprint density at radius 1 is 0.861 bits per heavy atom. The lowest BCUT2D eigenvalue weighted by atomic mass is 10.0. The lowest BCUT2D eigenvalue weighted by molar-refractivity contribution is 0.402. The highest BCUT2D eigenvalue weighted by atomic mass is 32.2. The van der Waals surface area contributed by atoms with Gasteiger partial charge < -0.3 is 4.90 Å². The van der Waals surface area contributed by atoms with E-state index in [4.69, 9.17) is 4.98 Å². The predicted octanol–water partition coefficient (Wildman–Crippen LogP) is 5.22. The molecule has 0 amide bonds. The molecule has 5 aromatic rings. The van der Waals surface area contributed by atoms with Crippen LogP contribution in [0, 0.1) is 0 Å². The van der Waals surface area contributed by atoms with Gasteiger partial charge in [-0.2, -0.15) is 0 Å². The van der Waals surface area contributed by atoms with E-state index in [0.29, 0.717) is 16.9 Å². The van der Waals surface area contributed by atoms with Gasteiger partial charge in [0.1, 0.15) is 0 Å². The molecule has 0 unspecified atom stereocenters. The van der Waals surface area contributed by atoms with E-state index in [0.717, 1.165) is 28.7 Å². The summed E-state index contributed by atoms with van der Waals surface area (Å²) in [6, 6.07) is 24.2. The van der Waals surface area contributed by atoms with Gasteiger partial charge in [0, 0.05) is 30.1 Å². The van der Waals surface area contributed by atoms with Crippen molar-refractivity contribution in [2.75, 3.05) is 18.8 Å². The molecule has 3 aromatic heterocycles. The molecule has 0 saturated carbocycles. The fourth-order valence-corrected chi connectivity index (χ4v) is 5.08. The molecule has 0 aliphatic heterocycles. The maximum atomic E-state index is 12.7. The molecule has 0 radical (unpaired) electrons. The molecule has 3 heterocycles. The standard InChI is InChI=1S/C28H25N5O2S/c1-33(2)19-20-8-10-21(11-9-20)25-14-15-30-27-13-12-26(31-28(25)27)22-16-23(18-29-17-22)32-36(34,35)24-6-4-3-5-7-24/h3-18,32H,19H2,1-2H3. The van der Waals surface area contributed by atoms with Crippen LogP contribution in [0.1, 0.15) is 5.56 Å². The number of sulfonamides is 1. The summed E-state index contributed by atoms with van der Waals surface area (Å²) in [6.07, 6.45) is 4.93. The molecule has 180 valence electrons. The highest BCUT2D eigenvalue weighted by molar-refractivity contribution is 7.92. The van der Waals surface area contributed by atoms with Gasteiger partial charge in [-0.15, -0.1) is 0 Å². The van der Waals surface area contributed by atoms with Crippen molar-refractivity contribution in [3.05, 3.63) is 103 Å². The summed E-state index contributed by atoms with van der Waals surface area (Å²) in [5, 5.41) is 0. The topological polar surface area (TPSA) is 88.1 Å². The van der Waals surface area contributed by atoms with E-state index in [1.165, 1.54) is 11.8 Å². The smallest absolute Gasteiger partial charge is 0.261 e. The van der Waals surface area contributed by atoms with E-state index in [2.05, 4.69) is 43.9 Å². The summed E-state index contributed by atoms with van der Waals surface area (Å²) < 4.78 is 28.1. The molecule has 1 N–H and O–H groups in total. The number of anilines is 1. The summed E-state index contributed by atoms with van der Waals surface area (Å²) in [6.45, 7) is 0.872. The summed E-state index contributed by atoms with van der Waals surface area (Å²) in [5.41, 5.74) is 6.55. The molecule has 8 heteroatoms. The van der Waals surface area contributed by atoms with E-state index in [1.807, 2.05) is 32.3 Å². The monoisotopic (exact) mass is 495 g/mol. The van der Waals surface area contributed by atoms with E-state index < -0.39 is 10.0 Å². The van der Waals surface area contributed by atoms with Crippen molar-refractivity contribution < 1.29 is 8.42 Å². The van der Waals surface area contributed by atoms with Crippen LogP contribution in [0.3, 0.4) is 0 Å². The van der Waals surface area contributed by atoms with Crippen LogP contribution < -0.4 is 4.72 Å².